The largest absolute Gasteiger partial charge is 0.490 e. The van der Waals surface area contributed by atoms with E-state index in [1.807, 2.05) is 23.1 Å². The van der Waals surface area contributed by atoms with Crippen molar-refractivity contribution in [3.05, 3.63) is 33.8 Å². The number of piperazine rings is 1. The van der Waals surface area contributed by atoms with Crippen LogP contribution >= 0.6 is 15.9 Å². The fourth-order valence-corrected chi connectivity index (χ4v) is 3.10. The van der Waals surface area contributed by atoms with Crippen LogP contribution in [0.4, 0.5) is 13.2 Å². The zero-order chi connectivity index (χ0) is 17.2. The normalized spacial score (nSPS) is 20.1. The lowest BCUT2D eigenvalue weighted by molar-refractivity contribution is -0.192. The average Bonchev–Trinajstić information content (AvgIpc) is 2.48. The lowest BCUT2D eigenvalue weighted by Gasteiger charge is -2.40. The van der Waals surface area contributed by atoms with E-state index in [2.05, 4.69) is 21.2 Å². The van der Waals surface area contributed by atoms with Crippen molar-refractivity contribution >= 4 is 27.8 Å². The van der Waals surface area contributed by atoms with Crippen LogP contribution < -0.4 is 5.32 Å². The molecule has 1 saturated heterocycles. The van der Waals surface area contributed by atoms with Gasteiger partial charge in [-0.2, -0.15) is 13.2 Å². The summed E-state index contributed by atoms with van der Waals surface area (Å²) in [7, 11) is 0. The Balaban J connectivity index is 0.000000236. The molecule has 0 saturated carbocycles. The topological polar surface area (TPSA) is 69.6 Å². The summed E-state index contributed by atoms with van der Waals surface area (Å²) in [5, 5.41) is 10.5. The van der Waals surface area contributed by atoms with E-state index in [0.717, 1.165) is 41.7 Å². The number of rotatable bonds is 0. The van der Waals surface area contributed by atoms with E-state index in [9.17, 15) is 18.0 Å². The summed E-state index contributed by atoms with van der Waals surface area (Å²) in [4.78, 5) is 23.2. The second kappa shape index (κ2) is 6.88. The summed E-state index contributed by atoms with van der Waals surface area (Å²) in [6, 6.07) is 6.20. The molecule has 2 heterocycles. The number of carbonyl (C=O) groups excluding carboxylic acids is 1. The highest BCUT2D eigenvalue weighted by Crippen LogP contribution is 2.29. The molecule has 2 aliphatic rings. The number of carboxylic acids is 1. The van der Waals surface area contributed by atoms with Crippen LogP contribution in [-0.4, -0.2) is 53.7 Å². The van der Waals surface area contributed by atoms with Gasteiger partial charge in [0.05, 0.1) is 0 Å². The number of nitrogens with one attached hydrogen (secondary N) is 1. The van der Waals surface area contributed by atoms with Crippen molar-refractivity contribution in [2.24, 2.45) is 0 Å². The number of benzene rings is 1. The second-order valence-corrected chi connectivity index (χ2v) is 5.98. The smallest absolute Gasteiger partial charge is 0.475 e. The first kappa shape index (κ1) is 17.7. The number of amides is 1. The third-order valence-electron chi connectivity index (χ3n) is 3.64. The monoisotopic (exact) mass is 394 g/mol. The Labute approximate surface area is 138 Å². The van der Waals surface area contributed by atoms with Gasteiger partial charge in [-0.3, -0.25) is 4.79 Å². The summed E-state index contributed by atoms with van der Waals surface area (Å²) in [5.74, 6) is -2.57. The molecule has 1 amide bonds. The summed E-state index contributed by atoms with van der Waals surface area (Å²) >= 11 is 3.53. The minimum Gasteiger partial charge on any atom is -0.475 e. The molecule has 0 bridgehead atoms. The van der Waals surface area contributed by atoms with Crippen LogP contribution in [0.5, 0.6) is 0 Å². The van der Waals surface area contributed by atoms with Gasteiger partial charge in [-0.05, 0) is 24.1 Å². The zero-order valence-electron chi connectivity index (χ0n) is 11.9. The second-order valence-electron chi connectivity index (χ2n) is 5.13. The molecular formula is C14H14BrF3N2O3. The van der Waals surface area contributed by atoms with Crippen molar-refractivity contribution in [1.29, 1.82) is 0 Å². The van der Waals surface area contributed by atoms with Crippen molar-refractivity contribution in [3.8, 4) is 0 Å². The van der Waals surface area contributed by atoms with Gasteiger partial charge in [-0.15, -0.1) is 0 Å². The van der Waals surface area contributed by atoms with E-state index >= 15 is 0 Å². The fourth-order valence-electron chi connectivity index (χ4n) is 2.57. The first-order valence-corrected chi connectivity index (χ1v) is 7.60. The average molecular weight is 395 g/mol. The van der Waals surface area contributed by atoms with E-state index in [0.29, 0.717) is 6.04 Å². The fraction of sp³-hybridized carbons (Fsp3) is 0.429. The SMILES string of the molecule is O=C(O)C(F)(F)F.O=C1c2cccc(Br)c2C[C@@H]2CNCCN12. The maximum absolute atomic E-state index is 12.3. The number of fused-ring (bicyclic) bond motifs is 2. The van der Waals surface area contributed by atoms with E-state index in [4.69, 9.17) is 9.90 Å². The standard InChI is InChI=1S/C12H13BrN2O.C2HF3O2/c13-11-3-1-2-9-10(11)6-8-7-14-4-5-15(8)12(9)16;3-2(4,5)1(6)7/h1-3,8,14H,4-7H2;(H,6,7)/t8-;/m1./s1. The molecule has 0 aliphatic carbocycles. The third kappa shape index (κ3) is 4.03. The van der Waals surface area contributed by atoms with Gasteiger partial charge in [0.15, 0.2) is 0 Å². The Morgan fingerprint density at radius 2 is 2.04 bits per heavy atom. The molecular weight excluding hydrogens is 381 g/mol. The van der Waals surface area contributed by atoms with Crippen molar-refractivity contribution in [2.75, 3.05) is 19.6 Å². The quantitative estimate of drug-likeness (QED) is 0.706. The van der Waals surface area contributed by atoms with Gasteiger partial charge >= 0.3 is 12.1 Å². The predicted octanol–water partition coefficient (Wildman–Crippen LogP) is 2.05. The Kier molecular flexibility index (Phi) is 5.30. The summed E-state index contributed by atoms with van der Waals surface area (Å²) in [5.41, 5.74) is 2.03. The molecule has 1 fully saturated rings. The molecule has 9 heteroatoms. The lowest BCUT2D eigenvalue weighted by Crippen LogP contribution is -2.56. The Bertz CT molecular complexity index is 622. The molecule has 1 atom stereocenters. The highest BCUT2D eigenvalue weighted by Gasteiger charge is 2.38. The van der Waals surface area contributed by atoms with Crippen molar-refractivity contribution in [2.45, 2.75) is 18.6 Å². The molecule has 2 N–H and O–H groups in total. The molecule has 0 unspecified atom stereocenters. The van der Waals surface area contributed by atoms with Gasteiger partial charge in [0.1, 0.15) is 0 Å². The van der Waals surface area contributed by atoms with Crippen molar-refractivity contribution in [3.63, 3.8) is 0 Å². The first-order valence-electron chi connectivity index (χ1n) is 6.81. The molecule has 23 heavy (non-hydrogen) atoms. The van der Waals surface area contributed by atoms with Gasteiger partial charge in [0, 0.05) is 35.7 Å². The van der Waals surface area contributed by atoms with Crippen LogP contribution in [0.3, 0.4) is 0 Å². The van der Waals surface area contributed by atoms with Crippen molar-refractivity contribution < 1.29 is 27.9 Å². The highest BCUT2D eigenvalue weighted by molar-refractivity contribution is 9.10. The molecule has 2 aliphatic heterocycles. The number of halogens is 4. The first-order chi connectivity index (χ1) is 10.7. The number of hydrogen-bond donors (Lipinski definition) is 2. The predicted molar refractivity (Wildman–Crippen MR) is 79.2 cm³/mol. The molecule has 126 valence electrons. The maximum atomic E-state index is 12.3. The van der Waals surface area contributed by atoms with Crippen LogP contribution in [0.25, 0.3) is 0 Å². The van der Waals surface area contributed by atoms with Crippen LogP contribution in [0.2, 0.25) is 0 Å². The van der Waals surface area contributed by atoms with Crippen LogP contribution in [0, 0.1) is 0 Å². The summed E-state index contributed by atoms with van der Waals surface area (Å²) < 4.78 is 32.8. The van der Waals surface area contributed by atoms with Crippen LogP contribution in [0.1, 0.15) is 15.9 Å². The molecule has 1 aromatic rings. The number of carbonyl (C=O) groups is 2. The van der Waals surface area contributed by atoms with Gasteiger partial charge in [0.2, 0.25) is 0 Å². The Morgan fingerprint density at radius 1 is 1.39 bits per heavy atom. The van der Waals surface area contributed by atoms with E-state index < -0.39 is 12.1 Å². The van der Waals surface area contributed by atoms with E-state index in [1.54, 1.807) is 0 Å². The van der Waals surface area contributed by atoms with E-state index in [-0.39, 0.29) is 5.91 Å². The lowest BCUT2D eigenvalue weighted by atomic mass is 9.92. The van der Waals surface area contributed by atoms with Gasteiger partial charge in [-0.1, -0.05) is 22.0 Å². The molecule has 3 rings (SSSR count). The number of aliphatic carboxylic acids is 1. The van der Waals surface area contributed by atoms with Crippen LogP contribution in [0.15, 0.2) is 22.7 Å². The number of alkyl halides is 3. The molecule has 0 aromatic heterocycles. The van der Waals surface area contributed by atoms with Gasteiger partial charge in [-0.25, -0.2) is 4.79 Å². The summed E-state index contributed by atoms with van der Waals surface area (Å²) in [6.07, 6.45) is -4.13. The zero-order valence-corrected chi connectivity index (χ0v) is 13.4. The maximum Gasteiger partial charge on any atom is 0.490 e. The van der Waals surface area contributed by atoms with Gasteiger partial charge in [0.25, 0.3) is 5.91 Å². The molecule has 0 radical (unpaired) electrons. The highest BCUT2D eigenvalue weighted by atomic mass is 79.9. The molecule has 5 nitrogen and oxygen atoms in total. The van der Waals surface area contributed by atoms with Gasteiger partial charge < -0.3 is 15.3 Å². The third-order valence-corrected chi connectivity index (χ3v) is 4.39. The number of nitrogens with zero attached hydrogens (tertiary/aromatic N) is 1. The minimum atomic E-state index is -5.08. The molecule has 0 spiro atoms. The van der Waals surface area contributed by atoms with Crippen molar-refractivity contribution in [1.82, 2.24) is 10.2 Å². The minimum absolute atomic E-state index is 0.189. The number of carboxylic acid groups (broad SMARTS) is 1. The Morgan fingerprint density at radius 3 is 2.65 bits per heavy atom. The molecule has 1 aromatic carbocycles. The van der Waals surface area contributed by atoms with E-state index in [1.165, 1.54) is 0 Å². The summed E-state index contributed by atoms with van der Waals surface area (Å²) in [6.45, 7) is 2.65. The Hall–Kier alpha value is -1.61. The number of hydrogen-bond acceptors (Lipinski definition) is 3. The van der Waals surface area contributed by atoms with Crippen LogP contribution in [-0.2, 0) is 11.2 Å².